The monoisotopic (exact) mass is 412 g/mol. The molecular weight excluding hydrogens is 382 g/mol. The van der Waals surface area contributed by atoms with Gasteiger partial charge in [-0.25, -0.2) is 13.6 Å². The van der Waals surface area contributed by atoms with Crippen LogP contribution in [0.3, 0.4) is 0 Å². The van der Waals surface area contributed by atoms with Crippen LogP contribution in [0, 0.1) is 11.3 Å². The van der Waals surface area contributed by atoms with Crippen LogP contribution in [-0.2, 0) is 9.53 Å². The molecule has 3 rings (SSSR count). The molecule has 0 radical (unpaired) electrons. The largest absolute Gasteiger partial charge is 0.369 e. The van der Waals surface area contributed by atoms with Crippen LogP contribution in [0.1, 0.15) is 65.7 Å². The number of nitrogens with zero attached hydrogens (tertiary/aromatic N) is 2. The van der Waals surface area contributed by atoms with Crippen LogP contribution < -0.4 is 10.6 Å². The number of nitriles is 1. The minimum Gasteiger partial charge on any atom is -0.369 e. The smallest absolute Gasteiger partial charge is 0.318 e. The quantitative estimate of drug-likeness (QED) is 0.726. The standard InChI is InChI=1S/C20H30F2N4O3/c1-17(2)4-7-20(29-17)8-10-26(11-9-20)16(28)24-14(12-18(3,21)22)15(27)25-19(13-23)5-6-19/h14H,4-12H2,1-3H3,(H,24,28)(H,25,27). The number of piperidine rings is 1. The Morgan fingerprint density at radius 2 is 1.79 bits per heavy atom. The van der Waals surface area contributed by atoms with Crippen molar-refractivity contribution in [2.24, 2.45) is 0 Å². The summed E-state index contributed by atoms with van der Waals surface area (Å²) in [6.45, 7) is 5.72. The van der Waals surface area contributed by atoms with Gasteiger partial charge in [0.25, 0.3) is 0 Å². The van der Waals surface area contributed by atoms with Gasteiger partial charge in [-0.15, -0.1) is 0 Å². The first-order valence-corrected chi connectivity index (χ1v) is 10.2. The van der Waals surface area contributed by atoms with Gasteiger partial charge in [-0.1, -0.05) is 0 Å². The Labute approximate surface area is 170 Å². The van der Waals surface area contributed by atoms with Crippen LogP contribution in [0.4, 0.5) is 13.6 Å². The number of rotatable bonds is 5. The van der Waals surface area contributed by atoms with Gasteiger partial charge < -0.3 is 20.3 Å². The Balaban J connectivity index is 1.58. The summed E-state index contributed by atoms with van der Waals surface area (Å²) in [5, 5.41) is 14.1. The number of halogens is 2. The van der Waals surface area contributed by atoms with Gasteiger partial charge >= 0.3 is 6.03 Å². The summed E-state index contributed by atoms with van der Waals surface area (Å²) in [5.41, 5.74) is -1.37. The molecule has 1 unspecified atom stereocenters. The highest BCUT2D eigenvalue weighted by atomic mass is 19.3. The van der Waals surface area contributed by atoms with Gasteiger partial charge in [-0.3, -0.25) is 4.79 Å². The summed E-state index contributed by atoms with van der Waals surface area (Å²) in [6.07, 6.45) is 3.43. The minimum absolute atomic E-state index is 0.167. The number of carbonyl (C=O) groups excluding carboxylic acids is 2. The van der Waals surface area contributed by atoms with Gasteiger partial charge in [0, 0.05) is 19.5 Å². The van der Waals surface area contributed by atoms with Gasteiger partial charge in [0.1, 0.15) is 11.6 Å². The molecule has 1 saturated carbocycles. The maximum absolute atomic E-state index is 13.6. The summed E-state index contributed by atoms with van der Waals surface area (Å²) < 4.78 is 33.4. The molecule has 9 heteroatoms. The Morgan fingerprint density at radius 3 is 2.24 bits per heavy atom. The lowest BCUT2D eigenvalue weighted by Gasteiger charge is -2.40. The second-order valence-corrected chi connectivity index (χ2v) is 9.49. The first-order valence-electron chi connectivity index (χ1n) is 10.2. The minimum atomic E-state index is -3.13. The molecule has 1 aliphatic carbocycles. The van der Waals surface area contributed by atoms with Gasteiger partial charge in [-0.2, -0.15) is 5.26 Å². The Morgan fingerprint density at radius 1 is 1.17 bits per heavy atom. The molecule has 3 aliphatic rings. The number of hydrogen-bond acceptors (Lipinski definition) is 4. The number of ether oxygens (including phenoxy) is 1. The topological polar surface area (TPSA) is 94.5 Å². The van der Waals surface area contributed by atoms with Crippen molar-refractivity contribution in [3.8, 4) is 6.07 Å². The summed E-state index contributed by atoms with van der Waals surface area (Å²) in [7, 11) is 0. The van der Waals surface area contributed by atoms with E-state index in [1.165, 1.54) is 0 Å². The van der Waals surface area contributed by atoms with Crippen molar-refractivity contribution >= 4 is 11.9 Å². The lowest BCUT2D eigenvalue weighted by atomic mass is 9.88. The molecule has 0 bridgehead atoms. The van der Waals surface area contributed by atoms with E-state index in [9.17, 15) is 18.4 Å². The van der Waals surface area contributed by atoms with Crippen LogP contribution >= 0.6 is 0 Å². The highest BCUT2D eigenvalue weighted by Gasteiger charge is 2.48. The average Bonchev–Trinajstić information content (AvgIpc) is 3.32. The van der Waals surface area contributed by atoms with Crippen molar-refractivity contribution in [2.75, 3.05) is 13.1 Å². The normalized spacial score (nSPS) is 25.2. The Kier molecular flexibility index (Phi) is 5.54. The average molecular weight is 412 g/mol. The number of amides is 3. The van der Waals surface area contributed by atoms with Crippen molar-refractivity contribution < 1.29 is 23.1 Å². The number of hydrogen-bond donors (Lipinski definition) is 2. The van der Waals surface area contributed by atoms with E-state index in [1.807, 2.05) is 6.07 Å². The first-order chi connectivity index (χ1) is 13.4. The lowest BCUT2D eigenvalue weighted by molar-refractivity contribution is -0.126. The number of urea groups is 1. The fraction of sp³-hybridized carbons (Fsp3) is 0.850. The Hall–Kier alpha value is -1.95. The molecule has 2 aliphatic heterocycles. The van der Waals surface area contributed by atoms with Crippen LogP contribution in [0.5, 0.6) is 0 Å². The second-order valence-electron chi connectivity index (χ2n) is 9.49. The van der Waals surface area contributed by atoms with Crippen LogP contribution in [0.15, 0.2) is 0 Å². The maximum atomic E-state index is 13.6. The van der Waals surface area contributed by atoms with Crippen molar-refractivity contribution in [1.29, 1.82) is 5.26 Å². The predicted molar refractivity (Wildman–Crippen MR) is 101 cm³/mol. The fourth-order valence-corrected chi connectivity index (χ4v) is 4.21. The highest BCUT2D eigenvalue weighted by Crippen LogP contribution is 2.43. The number of nitrogens with one attached hydrogen (secondary N) is 2. The molecule has 2 heterocycles. The van der Waals surface area contributed by atoms with Crippen molar-refractivity contribution in [1.82, 2.24) is 15.5 Å². The molecule has 7 nitrogen and oxygen atoms in total. The van der Waals surface area contributed by atoms with E-state index in [1.54, 1.807) is 4.90 Å². The van der Waals surface area contributed by atoms with Crippen LogP contribution in [0.25, 0.3) is 0 Å². The van der Waals surface area contributed by atoms with E-state index < -0.39 is 35.9 Å². The molecule has 2 saturated heterocycles. The molecule has 1 spiro atoms. The maximum Gasteiger partial charge on any atom is 0.318 e. The van der Waals surface area contributed by atoms with Crippen LogP contribution in [-0.4, -0.2) is 58.6 Å². The third-order valence-corrected chi connectivity index (χ3v) is 6.14. The van der Waals surface area contributed by atoms with E-state index in [0.29, 0.717) is 45.7 Å². The molecule has 2 N–H and O–H groups in total. The number of alkyl halides is 2. The van der Waals surface area contributed by atoms with E-state index in [2.05, 4.69) is 24.5 Å². The molecule has 0 aromatic heterocycles. The van der Waals surface area contributed by atoms with Gasteiger partial charge in [0.05, 0.1) is 17.3 Å². The molecule has 3 fully saturated rings. The lowest BCUT2D eigenvalue weighted by Crippen LogP contribution is -2.57. The zero-order valence-corrected chi connectivity index (χ0v) is 17.3. The molecule has 3 amide bonds. The van der Waals surface area contributed by atoms with E-state index in [0.717, 1.165) is 12.8 Å². The fourth-order valence-electron chi connectivity index (χ4n) is 4.21. The predicted octanol–water partition coefficient (Wildman–Crippen LogP) is 2.71. The van der Waals surface area contributed by atoms with E-state index in [4.69, 9.17) is 10.00 Å². The summed E-state index contributed by atoms with van der Waals surface area (Å²) >= 11 is 0. The zero-order chi connectivity index (χ0) is 21.5. The molecule has 29 heavy (non-hydrogen) atoms. The van der Waals surface area contributed by atoms with Crippen molar-refractivity contribution in [3.05, 3.63) is 0 Å². The number of carbonyl (C=O) groups is 2. The van der Waals surface area contributed by atoms with Gasteiger partial charge in [0.2, 0.25) is 11.8 Å². The second kappa shape index (κ2) is 7.38. The van der Waals surface area contributed by atoms with Crippen molar-refractivity contribution in [3.63, 3.8) is 0 Å². The molecular formula is C20H30F2N4O3. The molecule has 0 aromatic carbocycles. The molecule has 1 atom stereocenters. The van der Waals surface area contributed by atoms with Crippen LogP contribution in [0.2, 0.25) is 0 Å². The highest BCUT2D eigenvalue weighted by molar-refractivity contribution is 5.88. The van der Waals surface area contributed by atoms with Gasteiger partial charge in [-0.05, 0) is 59.3 Å². The molecule has 162 valence electrons. The van der Waals surface area contributed by atoms with E-state index >= 15 is 0 Å². The van der Waals surface area contributed by atoms with Crippen molar-refractivity contribution in [2.45, 2.75) is 94.4 Å². The third-order valence-electron chi connectivity index (χ3n) is 6.14. The Bertz CT molecular complexity index is 701. The summed E-state index contributed by atoms with van der Waals surface area (Å²) in [6, 6.07) is 0.0597. The summed E-state index contributed by atoms with van der Waals surface area (Å²) in [4.78, 5) is 26.7. The van der Waals surface area contributed by atoms with Gasteiger partial charge in [0.15, 0.2) is 0 Å². The first kappa shape index (κ1) is 21.8. The van der Waals surface area contributed by atoms with E-state index in [-0.39, 0.29) is 11.2 Å². The molecule has 0 aromatic rings. The SMILES string of the molecule is CC(F)(F)CC(NC(=O)N1CCC2(CC1)CCC(C)(C)O2)C(=O)NC1(C#N)CC1. The zero-order valence-electron chi connectivity index (χ0n) is 17.3. The number of likely N-dealkylation sites (tertiary alicyclic amines) is 1. The third kappa shape index (κ3) is 5.35. The summed E-state index contributed by atoms with van der Waals surface area (Å²) in [5.74, 6) is -3.87.